The second-order valence-electron chi connectivity index (χ2n) is 6.30. The molecule has 1 heterocycles. The fourth-order valence-electron chi connectivity index (χ4n) is 3.77. The number of hydrogen-bond acceptors (Lipinski definition) is 3. The highest BCUT2D eigenvalue weighted by molar-refractivity contribution is 5.75. The lowest BCUT2D eigenvalue weighted by atomic mass is 9.80. The summed E-state index contributed by atoms with van der Waals surface area (Å²) < 4.78 is 4.97. The third kappa shape index (κ3) is 3.25. The first-order valence-electron chi connectivity index (χ1n) is 8.35. The van der Waals surface area contributed by atoms with Crippen LogP contribution in [0.1, 0.15) is 32.1 Å². The number of carbonyl (C=O) groups excluding carboxylic acids is 1. The number of ether oxygens (including phenoxy) is 1. The number of carbonyl (C=O) groups is 1. The molecular formula is C19H25NO2. The summed E-state index contributed by atoms with van der Waals surface area (Å²) in [5.41, 5.74) is 2.91. The molecule has 0 aromatic carbocycles. The van der Waals surface area contributed by atoms with Gasteiger partial charge in [-0.3, -0.25) is 9.69 Å². The molecule has 3 rings (SSSR count). The van der Waals surface area contributed by atoms with E-state index in [-0.39, 0.29) is 12.0 Å². The molecule has 3 aliphatic rings. The summed E-state index contributed by atoms with van der Waals surface area (Å²) in [6.07, 6.45) is 18.6. The Balaban J connectivity index is 1.62. The van der Waals surface area contributed by atoms with E-state index in [2.05, 4.69) is 41.4 Å². The summed E-state index contributed by atoms with van der Waals surface area (Å²) in [6.45, 7) is 1.96. The summed E-state index contributed by atoms with van der Waals surface area (Å²) in [5, 5.41) is 0. The Hall–Kier alpha value is -1.61. The Bertz CT molecular complexity index is 542. The van der Waals surface area contributed by atoms with Crippen molar-refractivity contribution in [3.05, 3.63) is 47.6 Å². The van der Waals surface area contributed by atoms with Gasteiger partial charge in [-0.05, 0) is 37.8 Å². The number of methoxy groups -OCH3 is 1. The maximum Gasteiger partial charge on any atom is 0.323 e. The van der Waals surface area contributed by atoms with Crippen molar-refractivity contribution in [1.29, 1.82) is 0 Å². The Morgan fingerprint density at radius 1 is 1.32 bits per heavy atom. The van der Waals surface area contributed by atoms with Gasteiger partial charge in [0.05, 0.1) is 7.11 Å². The van der Waals surface area contributed by atoms with E-state index in [1.807, 2.05) is 0 Å². The molecule has 22 heavy (non-hydrogen) atoms. The first kappa shape index (κ1) is 15.3. The van der Waals surface area contributed by atoms with Crippen molar-refractivity contribution < 1.29 is 9.53 Å². The van der Waals surface area contributed by atoms with E-state index in [4.69, 9.17) is 4.74 Å². The van der Waals surface area contributed by atoms with Gasteiger partial charge in [0.15, 0.2) is 0 Å². The van der Waals surface area contributed by atoms with Gasteiger partial charge in [-0.2, -0.15) is 0 Å². The summed E-state index contributed by atoms with van der Waals surface area (Å²) in [5.74, 6) is 0.467. The van der Waals surface area contributed by atoms with Gasteiger partial charge in [0.2, 0.25) is 0 Å². The molecule has 118 valence electrons. The van der Waals surface area contributed by atoms with Gasteiger partial charge in [-0.25, -0.2) is 0 Å². The molecule has 1 saturated heterocycles. The standard InChI is InChI=1S/C19H25NO2/c1-22-19(21)18-11-4-5-13-20(18)14-12-16-9-6-8-15-7-2-3-10-17(15)16/h2-3,6-9,17-18H,4-5,10-14H2,1H3. The number of hydrogen-bond donors (Lipinski definition) is 0. The summed E-state index contributed by atoms with van der Waals surface area (Å²) in [7, 11) is 1.50. The molecule has 0 bridgehead atoms. The average Bonchev–Trinajstić information content (AvgIpc) is 2.59. The van der Waals surface area contributed by atoms with Gasteiger partial charge in [-0.1, -0.05) is 48.5 Å². The molecule has 0 aromatic rings. The molecule has 0 N–H and O–H groups in total. The number of rotatable bonds is 4. The van der Waals surface area contributed by atoms with Crippen LogP contribution in [0.25, 0.3) is 0 Å². The summed E-state index contributed by atoms with van der Waals surface area (Å²) >= 11 is 0. The second kappa shape index (κ2) is 7.10. The molecule has 0 radical (unpaired) electrons. The average molecular weight is 299 g/mol. The van der Waals surface area contributed by atoms with E-state index in [0.29, 0.717) is 5.92 Å². The van der Waals surface area contributed by atoms with Crippen LogP contribution in [-0.2, 0) is 9.53 Å². The van der Waals surface area contributed by atoms with E-state index in [1.165, 1.54) is 24.7 Å². The van der Waals surface area contributed by atoms with E-state index in [1.54, 1.807) is 0 Å². The highest BCUT2D eigenvalue weighted by atomic mass is 16.5. The van der Waals surface area contributed by atoms with Gasteiger partial charge >= 0.3 is 5.97 Å². The smallest absolute Gasteiger partial charge is 0.323 e. The quantitative estimate of drug-likeness (QED) is 0.745. The predicted molar refractivity (Wildman–Crippen MR) is 88.4 cm³/mol. The highest BCUT2D eigenvalue weighted by Gasteiger charge is 2.30. The Labute approximate surface area is 133 Å². The fraction of sp³-hybridized carbons (Fsp3) is 0.526. The number of likely N-dealkylation sites (tertiary alicyclic amines) is 1. The molecule has 3 nitrogen and oxygen atoms in total. The number of esters is 1. The third-order valence-corrected chi connectivity index (χ3v) is 5.02. The van der Waals surface area contributed by atoms with Crippen molar-refractivity contribution in [2.75, 3.05) is 20.2 Å². The van der Waals surface area contributed by atoms with Crippen molar-refractivity contribution in [1.82, 2.24) is 4.90 Å². The minimum absolute atomic E-state index is 0.0419. The maximum absolute atomic E-state index is 11.9. The first-order chi connectivity index (χ1) is 10.8. The monoisotopic (exact) mass is 299 g/mol. The zero-order valence-corrected chi connectivity index (χ0v) is 13.3. The molecule has 2 unspecified atom stereocenters. The van der Waals surface area contributed by atoms with Gasteiger partial charge in [0, 0.05) is 12.5 Å². The largest absolute Gasteiger partial charge is 0.468 e. The Morgan fingerprint density at radius 3 is 3.09 bits per heavy atom. The molecule has 1 fully saturated rings. The van der Waals surface area contributed by atoms with Crippen LogP contribution in [0.2, 0.25) is 0 Å². The van der Waals surface area contributed by atoms with E-state index in [0.717, 1.165) is 38.8 Å². The minimum Gasteiger partial charge on any atom is -0.468 e. The van der Waals surface area contributed by atoms with Crippen LogP contribution in [-0.4, -0.2) is 37.1 Å². The molecule has 0 saturated carbocycles. The van der Waals surface area contributed by atoms with Crippen molar-refractivity contribution in [2.45, 2.75) is 38.1 Å². The first-order valence-corrected chi connectivity index (χ1v) is 8.35. The predicted octanol–water partition coefficient (Wildman–Crippen LogP) is 3.40. The van der Waals surface area contributed by atoms with Crippen LogP contribution < -0.4 is 0 Å². The van der Waals surface area contributed by atoms with Crippen LogP contribution in [0.3, 0.4) is 0 Å². The van der Waals surface area contributed by atoms with E-state index >= 15 is 0 Å². The van der Waals surface area contributed by atoms with Crippen molar-refractivity contribution >= 4 is 5.97 Å². The molecule has 2 atom stereocenters. The maximum atomic E-state index is 11.9. The van der Waals surface area contributed by atoms with Crippen LogP contribution >= 0.6 is 0 Å². The van der Waals surface area contributed by atoms with Crippen LogP contribution in [0, 0.1) is 5.92 Å². The van der Waals surface area contributed by atoms with E-state index in [9.17, 15) is 4.79 Å². The SMILES string of the molecule is COC(=O)C1CCCCN1CCC1=CC=CC2=CC=CCC21. The molecule has 3 heteroatoms. The van der Waals surface area contributed by atoms with Crippen LogP contribution in [0.4, 0.5) is 0 Å². The van der Waals surface area contributed by atoms with Gasteiger partial charge in [-0.15, -0.1) is 0 Å². The lowest BCUT2D eigenvalue weighted by molar-refractivity contribution is -0.148. The number of allylic oxidation sites excluding steroid dienone is 7. The molecule has 0 amide bonds. The lowest BCUT2D eigenvalue weighted by Crippen LogP contribution is -2.45. The van der Waals surface area contributed by atoms with E-state index < -0.39 is 0 Å². The third-order valence-electron chi connectivity index (χ3n) is 5.02. The number of fused-ring (bicyclic) bond motifs is 1. The fourth-order valence-corrected chi connectivity index (χ4v) is 3.77. The Morgan fingerprint density at radius 2 is 2.23 bits per heavy atom. The molecule has 0 aromatic heterocycles. The summed E-state index contributed by atoms with van der Waals surface area (Å²) in [6, 6.07) is -0.0419. The van der Waals surface area contributed by atoms with Gasteiger partial charge < -0.3 is 4.74 Å². The zero-order chi connectivity index (χ0) is 15.4. The lowest BCUT2D eigenvalue weighted by Gasteiger charge is -2.35. The number of piperidine rings is 1. The minimum atomic E-state index is -0.0709. The van der Waals surface area contributed by atoms with Gasteiger partial charge in [0.25, 0.3) is 0 Å². The topological polar surface area (TPSA) is 29.5 Å². The van der Waals surface area contributed by atoms with Crippen LogP contribution in [0.5, 0.6) is 0 Å². The number of nitrogens with zero attached hydrogens (tertiary/aromatic N) is 1. The molecule has 0 spiro atoms. The molecular weight excluding hydrogens is 274 g/mol. The zero-order valence-electron chi connectivity index (χ0n) is 13.3. The molecule has 1 aliphatic heterocycles. The van der Waals surface area contributed by atoms with Crippen LogP contribution in [0.15, 0.2) is 47.6 Å². The second-order valence-corrected chi connectivity index (χ2v) is 6.30. The Kier molecular flexibility index (Phi) is 4.94. The highest BCUT2D eigenvalue weighted by Crippen LogP contribution is 2.34. The normalized spacial score (nSPS) is 27.9. The van der Waals surface area contributed by atoms with Crippen molar-refractivity contribution in [3.8, 4) is 0 Å². The van der Waals surface area contributed by atoms with Crippen molar-refractivity contribution in [3.63, 3.8) is 0 Å². The summed E-state index contributed by atoms with van der Waals surface area (Å²) in [4.78, 5) is 14.3. The molecule has 2 aliphatic carbocycles. The van der Waals surface area contributed by atoms with Gasteiger partial charge in [0.1, 0.15) is 6.04 Å². The van der Waals surface area contributed by atoms with Crippen molar-refractivity contribution in [2.24, 2.45) is 5.92 Å².